The van der Waals surface area contributed by atoms with Gasteiger partial charge in [0.15, 0.2) is 0 Å². The van der Waals surface area contributed by atoms with Crippen molar-refractivity contribution in [1.29, 1.82) is 0 Å². The molecule has 9 nitrogen and oxygen atoms in total. The van der Waals surface area contributed by atoms with Crippen LogP contribution in [0.1, 0.15) is 32.2 Å². The molecule has 0 bridgehead atoms. The van der Waals surface area contributed by atoms with Gasteiger partial charge in [-0.3, -0.25) is 9.59 Å². The van der Waals surface area contributed by atoms with Gasteiger partial charge in [-0.15, -0.1) is 0 Å². The highest BCUT2D eigenvalue weighted by molar-refractivity contribution is 6.03. The Kier molecular flexibility index (Phi) is 5.59. The number of aromatic carboxylic acids is 1. The monoisotopic (exact) mass is 395 g/mol. The van der Waals surface area contributed by atoms with Crippen LogP contribution in [-0.4, -0.2) is 39.2 Å². The van der Waals surface area contributed by atoms with E-state index in [1.54, 1.807) is 19.2 Å². The number of hydrogen-bond donors (Lipinski definition) is 4. The van der Waals surface area contributed by atoms with Gasteiger partial charge in [-0.25, -0.2) is 9.78 Å². The number of aromatic hydroxyl groups is 1. The number of anilines is 1. The lowest BCUT2D eigenvalue weighted by molar-refractivity contribution is 0.0693. The van der Waals surface area contributed by atoms with Crippen molar-refractivity contribution in [3.8, 4) is 11.5 Å². The number of phenols is 1. The van der Waals surface area contributed by atoms with Gasteiger partial charge in [0.05, 0.1) is 7.11 Å². The molecule has 0 aliphatic carbocycles. The summed E-state index contributed by atoms with van der Waals surface area (Å²) in [6.45, 7) is 0. The summed E-state index contributed by atoms with van der Waals surface area (Å²) >= 11 is 0. The molecule has 0 aliphatic heterocycles. The molecular weight excluding hydrogens is 378 g/mol. The Hall–Kier alpha value is -4.14. The molecule has 2 aromatic carbocycles. The number of rotatable bonds is 6. The molecule has 0 unspecified atom stereocenters. The molecule has 1 aromatic heterocycles. The highest BCUT2D eigenvalue weighted by Gasteiger charge is 2.14. The Labute approximate surface area is 164 Å². The van der Waals surface area contributed by atoms with Crippen molar-refractivity contribution in [3.05, 3.63) is 81.5 Å². The number of aromatic nitrogens is 2. The van der Waals surface area contributed by atoms with Crippen LogP contribution >= 0.6 is 0 Å². The number of carboxylic acid groups (broad SMARTS) is 1. The number of carbonyl (C=O) groups is 2. The Balaban J connectivity index is 1.81. The lowest BCUT2D eigenvalue weighted by Crippen LogP contribution is -2.20. The molecule has 1 amide bonds. The minimum absolute atomic E-state index is 0.123. The number of H-pyrrole nitrogens is 1. The van der Waals surface area contributed by atoms with Crippen LogP contribution < -0.4 is 15.6 Å². The van der Waals surface area contributed by atoms with Crippen LogP contribution in [0.3, 0.4) is 0 Å². The van der Waals surface area contributed by atoms with Crippen LogP contribution in [0.5, 0.6) is 11.5 Å². The molecule has 0 spiro atoms. The molecule has 29 heavy (non-hydrogen) atoms. The minimum Gasteiger partial charge on any atom is -0.507 e. The van der Waals surface area contributed by atoms with E-state index in [1.807, 2.05) is 12.1 Å². The molecule has 0 saturated heterocycles. The molecule has 0 saturated carbocycles. The van der Waals surface area contributed by atoms with Gasteiger partial charge >= 0.3 is 5.97 Å². The zero-order valence-corrected chi connectivity index (χ0v) is 15.3. The second-order valence-electron chi connectivity index (χ2n) is 6.09. The molecule has 9 heteroatoms. The lowest BCUT2D eigenvalue weighted by atomic mass is 10.1. The van der Waals surface area contributed by atoms with E-state index in [-0.39, 0.29) is 16.9 Å². The Morgan fingerprint density at radius 2 is 1.86 bits per heavy atom. The fraction of sp³-hybridized carbons (Fsp3) is 0.100. The lowest BCUT2D eigenvalue weighted by Gasteiger charge is -2.08. The number of amides is 1. The predicted molar refractivity (Wildman–Crippen MR) is 104 cm³/mol. The van der Waals surface area contributed by atoms with E-state index in [9.17, 15) is 19.5 Å². The van der Waals surface area contributed by atoms with Crippen molar-refractivity contribution in [2.45, 2.75) is 6.42 Å². The average molecular weight is 395 g/mol. The summed E-state index contributed by atoms with van der Waals surface area (Å²) in [5.41, 5.74) is 0.0230. The molecule has 1 heterocycles. The van der Waals surface area contributed by atoms with Crippen molar-refractivity contribution in [2.24, 2.45) is 0 Å². The van der Waals surface area contributed by atoms with E-state index in [0.29, 0.717) is 18.0 Å². The smallest absolute Gasteiger partial charge is 0.339 e. The van der Waals surface area contributed by atoms with E-state index in [0.717, 1.165) is 23.8 Å². The predicted octanol–water partition coefficient (Wildman–Crippen LogP) is 2.03. The van der Waals surface area contributed by atoms with E-state index in [4.69, 9.17) is 9.84 Å². The number of nitrogens with zero attached hydrogens (tertiary/aromatic N) is 1. The van der Waals surface area contributed by atoms with Crippen LogP contribution in [0.2, 0.25) is 0 Å². The van der Waals surface area contributed by atoms with Crippen molar-refractivity contribution < 1.29 is 24.5 Å². The third-order valence-corrected chi connectivity index (χ3v) is 4.04. The Morgan fingerprint density at radius 3 is 2.52 bits per heavy atom. The van der Waals surface area contributed by atoms with E-state index in [2.05, 4.69) is 15.3 Å². The summed E-state index contributed by atoms with van der Waals surface area (Å²) in [6.07, 6.45) is 0.294. The second kappa shape index (κ2) is 8.26. The number of benzene rings is 2. The largest absolute Gasteiger partial charge is 0.507 e. The first kappa shape index (κ1) is 19.6. The molecule has 0 radical (unpaired) electrons. The van der Waals surface area contributed by atoms with Crippen LogP contribution in [0.4, 0.5) is 5.69 Å². The van der Waals surface area contributed by atoms with Gasteiger partial charge in [-0.2, -0.15) is 0 Å². The third kappa shape index (κ3) is 4.78. The normalized spacial score (nSPS) is 10.4. The van der Waals surface area contributed by atoms with Crippen molar-refractivity contribution in [1.82, 2.24) is 9.97 Å². The quantitative estimate of drug-likeness (QED) is 0.468. The van der Waals surface area contributed by atoms with Crippen LogP contribution in [0.15, 0.2) is 53.3 Å². The molecule has 148 valence electrons. The maximum Gasteiger partial charge on any atom is 0.339 e. The fourth-order valence-corrected chi connectivity index (χ4v) is 2.63. The van der Waals surface area contributed by atoms with Gasteiger partial charge in [-0.05, 0) is 35.9 Å². The molecule has 3 rings (SSSR count). The number of ether oxygens (including phenoxy) is 1. The van der Waals surface area contributed by atoms with Crippen molar-refractivity contribution >= 4 is 17.6 Å². The fourth-order valence-electron chi connectivity index (χ4n) is 2.63. The topological polar surface area (TPSA) is 142 Å². The number of nitrogens with one attached hydrogen (secondary N) is 2. The zero-order chi connectivity index (χ0) is 21.0. The molecule has 0 atom stereocenters. The minimum atomic E-state index is -1.34. The first-order valence-corrected chi connectivity index (χ1v) is 8.46. The highest BCUT2D eigenvalue weighted by atomic mass is 16.5. The highest BCUT2D eigenvalue weighted by Crippen LogP contribution is 2.21. The Bertz CT molecular complexity index is 1120. The third-order valence-electron chi connectivity index (χ3n) is 4.04. The van der Waals surface area contributed by atoms with Gasteiger partial charge in [0.1, 0.15) is 28.6 Å². The first-order chi connectivity index (χ1) is 13.9. The number of aromatic amines is 1. The Morgan fingerprint density at radius 1 is 1.14 bits per heavy atom. The van der Waals surface area contributed by atoms with Gasteiger partial charge < -0.3 is 25.3 Å². The zero-order valence-electron chi connectivity index (χ0n) is 15.3. The molecule has 4 N–H and O–H groups in total. The summed E-state index contributed by atoms with van der Waals surface area (Å²) in [4.78, 5) is 42.3. The summed E-state index contributed by atoms with van der Waals surface area (Å²) in [5, 5.41) is 21.1. The van der Waals surface area contributed by atoms with Crippen LogP contribution in [-0.2, 0) is 6.42 Å². The van der Waals surface area contributed by atoms with Gasteiger partial charge in [0.2, 0.25) is 0 Å². The molecule has 3 aromatic rings. The summed E-state index contributed by atoms with van der Waals surface area (Å²) in [6, 6.07) is 11.8. The number of carboxylic acids is 1. The second-order valence-corrected chi connectivity index (χ2v) is 6.09. The molecule has 0 fully saturated rings. The standard InChI is InChI=1S/C20H17N3O6/c1-29-13-5-2-11(3-6-13)8-17-22-15(10-18(25)23-17)19(26)21-12-4-7-16(24)14(9-12)20(27)28/h2-7,9-10,24H,8H2,1H3,(H,21,26)(H,27,28)(H,22,23,25). The van der Waals surface area contributed by atoms with Crippen molar-refractivity contribution in [2.75, 3.05) is 12.4 Å². The summed E-state index contributed by atoms with van der Waals surface area (Å²) in [5.74, 6) is -1.46. The van der Waals surface area contributed by atoms with Crippen molar-refractivity contribution in [3.63, 3.8) is 0 Å². The van der Waals surface area contributed by atoms with Gasteiger partial charge in [0.25, 0.3) is 11.5 Å². The summed E-state index contributed by atoms with van der Waals surface area (Å²) < 4.78 is 5.10. The molecule has 0 aliphatic rings. The van der Waals surface area contributed by atoms with E-state index in [1.165, 1.54) is 6.07 Å². The maximum absolute atomic E-state index is 12.5. The van der Waals surface area contributed by atoms with E-state index >= 15 is 0 Å². The number of methoxy groups -OCH3 is 1. The number of carbonyl (C=O) groups excluding carboxylic acids is 1. The summed E-state index contributed by atoms with van der Waals surface area (Å²) in [7, 11) is 1.56. The first-order valence-electron chi connectivity index (χ1n) is 8.46. The van der Waals surface area contributed by atoms with Crippen LogP contribution in [0, 0.1) is 0 Å². The average Bonchev–Trinajstić information content (AvgIpc) is 2.69. The van der Waals surface area contributed by atoms with Gasteiger partial charge in [-0.1, -0.05) is 12.1 Å². The van der Waals surface area contributed by atoms with Crippen LogP contribution in [0.25, 0.3) is 0 Å². The van der Waals surface area contributed by atoms with Gasteiger partial charge in [0, 0.05) is 18.2 Å². The maximum atomic E-state index is 12.5. The number of hydrogen-bond acceptors (Lipinski definition) is 6. The molecular formula is C20H17N3O6. The van der Waals surface area contributed by atoms with E-state index < -0.39 is 23.2 Å². The SMILES string of the molecule is COc1ccc(Cc2nc(C(=O)Nc3ccc(O)c(C(=O)O)c3)cc(=O)[nH]2)cc1.